The molecule has 4 atom stereocenters. The van der Waals surface area contributed by atoms with E-state index in [1.807, 2.05) is 36.4 Å². The van der Waals surface area contributed by atoms with Crippen LogP contribution in [0.3, 0.4) is 0 Å². The molecule has 2 aromatic carbocycles. The van der Waals surface area contributed by atoms with Crippen molar-refractivity contribution < 1.29 is 24.3 Å². The highest BCUT2D eigenvalue weighted by molar-refractivity contribution is 6.22. The number of hydrogen-bond acceptors (Lipinski definition) is 12. The topological polar surface area (TPSA) is 155 Å². The highest BCUT2D eigenvalue weighted by atomic mass is 16.3. The summed E-state index contributed by atoms with van der Waals surface area (Å²) in [6.07, 6.45) is 4.76. The maximum Gasteiger partial charge on any atom is 0.261 e. The van der Waals surface area contributed by atoms with Crippen molar-refractivity contribution in [1.82, 2.24) is 30.2 Å². The van der Waals surface area contributed by atoms with Gasteiger partial charge in [0.2, 0.25) is 12.3 Å². The first-order valence-electron chi connectivity index (χ1n) is 19.7. The number of likely N-dealkylation sites (N-methyl/N-ethyl adjacent to an activating group) is 1. The zero-order chi connectivity index (χ0) is 38.0. The summed E-state index contributed by atoms with van der Waals surface area (Å²) in [5.41, 5.74) is 4.82. The lowest BCUT2D eigenvalue weighted by Gasteiger charge is -2.61. The minimum absolute atomic E-state index is 0.0775. The number of para-hydroxylation sites is 1. The first kappa shape index (κ1) is 35.6. The predicted molar refractivity (Wildman–Crippen MR) is 207 cm³/mol. The fourth-order valence-electron chi connectivity index (χ4n) is 9.85. The lowest BCUT2D eigenvalue weighted by atomic mass is 9.60. The molecule has 14 heteroatoms. The van der Waals surface area contributed by atoms with Crippen LogP contribution in [-0.2, 0) is 9.59 Å². The summed E-state index contributed by atoms with van der Waals surface area (Å²) in [6.45, 7) is 10.4. The van der Waals surface area contributed by atoms with Crippen LogP contribution >= 0.6 is 0 Å². The van der Waals surface area contributed by atoms with Gasteiger partial charge in [0.1, 0.15) is 5.75 Å². The number of aromatic nitrogens is 2. The maximum atomic E-state index is 13.0. The molecule has 6 heterocycles. The number of piperidine rings is 1. The summed E-state index contributed by atoms with van der Waals surface area (Å²) in [4.78, 5) is 58.9. The van der Waals surface area contributed by atoms with Crippen LogP contribution in [0.15, 0.2) is 48.5 Å². The summed E-state index contributed by atoms with van der Waals surface area (Å²) >= 11 is 0. The summed E-state index contributed by atoms with van der Waals surface area (Å²) in [5.74, 6) is 2.02. The Bertz CT molecular complexity index is 2020. The molecule has 4 amide bonds. The number of anilines is 3. The number of imide groups is 2. The van der Waals surface area contributed by atoms with Crippen LogP contribution in [-0.4, -0.2) is 132 Å². The third-order valence-corrected chi connectivity index (χ3v) is 13.1. The van der Waals surface area contributed by atoms with Crippen LogP contribution in [0.1, 0.15) is 59.7 Å². The van der Waals surface area contributed by atoms with Crippen LogP contribution in [0.4, 0.5) is 17.2 Å². The summed E-state index contributed by atoms with van der Waals surface area (Å²) in [7, 11) is 2.16. The average molecular weight is 748 g/mol. The number of phenolic OH excluding ortho intramolecular Hbond substituents is 1. The van der Waals surface area contributed by atoms with E-state index in [2.05, 4.69) is 47.5 Å². The number of nitrogens with one attached hydrogen (secondary N) is 2. The number of nitrogens with zero attached hydrogens (tertiary/aromatic N) is 7. The molecule has 55 heavy (non-hydrogen) atoms. The monoisotopic (exact) mass is 747 g/mol. The van der Waals surface area contributed by atoms with Gasteiger partial charge in [0.25, 0.3) is 11.8 Å². The van der Waals surface area contributed by atoms with Gasteiger partial charge in [-0.25, -0.2) is 0 Å². The molecule has 5 aliphatic heterocycles. The zero-order valence-corrected chi connectivity index (χ0v) is 31.5. The molecule has 3 saturated heterocycles. The van der Waals surface area contributed by atoms with E-state index in [0.29, 0.717) is 46.7 Å². The average Bonchev–Trinajstić information content (AvgIpc) is 3.67. The van der Waals surface area contributed by atoms with Crippen molar-refractivity contribution in [3.63, 3.8) is 0 Å². The minimum atomic E-state index is -0.422. The van der Waals surface area contributed by atoms with Gasteiger partial charge in [-0.15, -0.1) is 10.2 Å². The minimum Gasteiger partial charge on any atom is -0.507 e. The number of carbonyl (C=O) groups is 4. The molecule has 7 aliphatic rings. The molecule has 1 aromatic heterocycles. The van der Waals surface area contributed by atoms with Gasteiger partial charge in [0.15, 0.2) is 5.82 Å². The number of amides is 4. The van der Waals surface area contributed by atoms with Crippen molar-refractivity contribution in [2.45, 2.75) is 57.2 Å². The Kier molecular flexibility index (Phi) is 9.00. The molecule has 2 saturated carbocycles. The van der Waals surface area contributed by atoms with Gasteiger partial charge in [0, 0.05) is 87.5 Å². The number of piperazine rings is 1. The van der Waals surface area contributed by atoms with Gasteiger partial charge in [0.05, 0.1) is 28.6 Å². The summed E-state index contributed by atoms with van der Waals surface area (Å²) in [6, 6.07) is 15.6. The Morgan fingerprint density at radius 2 is 1.75 bits per heavy atom. The molecule has 3 N–H and O–H groups in total. The second-order valence-corrected chi connectivity index (χ2v) is 16.9. The molecule has 3 aromatic rings. The van der Waals surface area contributed by atoms with E-state index in [0.717, 1.165) is 74.3 Å². The fourth-order valence-corrected chi connectivity index (χ4v) is 9.85. The maximum absolute atomic E-state index is 13.0. The van der Waals surface area contributed by atoms with Crippen molar-refractivity contribution in [3.8, 4) is 17.0 Å². The number of benzene rings is 2. The van der Waals surface area contributed by atoms with Crippen LogP contribution < -0.4 is 20.4 Å². The summed E-state index contributed by atoms with van der Waals surface area (Å²) < 4.78 is 0. The van der Waals surface area contributed by atoms with Gasteiger partial charge in [-0.2, -0.15) is 0 Å². The number of rotatable bonds is 8. The van der Waals surface area contributed by atoms with Gasteiger partial charge in [-0.1, -0.05) is 12.1 Å². The third-order valence-electron chi connectivity index (χ3n) is 13.1. The standard InChI is InChI=1S/C25H30N4O4.C16H19N5O/c1-15(2-5-22(31)26-14-30)29-23(32)20-4-3-18(7-21(20)24(29)33)28-12-25(13-28)8-19(9-25)27-10-16-6-17(16)11-27;1-20-6-7-21-11(10-20)9-17-16-14(21)8-13(18-19-16)12-4-2-3-5-15(12)22/h3-4,7,14-17,19H,2,5-6,8-13H2,1H3,(H,26,30,31);2-5,8,11,22H,6-7,9-10H2,1H3,(H,17,19). The Balaban J connectivity index is 0.000000157. The Labute approximate surface area is 320 Å². The van der Waals surface area contributed by atoms with Crippen molar-refractivity contribution in [2.75, 3.05) is 74.5 Å². The van der Waals surface area contributed by atoms with Crippen molar-refractivity contribution in [3.05, 3.63) is 59.7 Å². The normalized spacial score (nSPS) is 25.3. The Morgan fingerprint density at radius 1 is 0.982 bits per heavy atom. The highest BCUT2D eigenvalue weighted by Gasteiger charge is 2.57. The van der Waals surface area contributed by atoms with Crippen LogP contribution in [0.25, 0.3) is 11.3 Å². The fraction of sp³-hybridized carbons (Fsp3) is 0.512. The van der Waals surface area contributed by atoms with Crippen LogP contribution in [0.5, 0.6) is 5.75 Å². The van der Waals surface area contributed by atoms with Crippen molar-refractivity contribution in [2.24, 2.45) is 17.3 Å². The van der Waals surface area contributed by atoms with E-state index in [9.17, 15) is 24.3 Å². The SMILES string of the molecule is CC(CCC(=O)NC=O)N1C(=O)c2ccc(N3CC4(CC(N5CC6CC6C5)C4)C3)cc2C1=O.CN1CCN2c3cc(-c4ccccc4O)nnc3NCC2C1. The molecule has 1 spiro atoms. The Hall–Kier alpha value is -5.08. The van der Waals surface area contributed by atoms with Gasteiger partial charge < -0.3 is 25.1 Å². The van der Waals surface area contributed by atoms with Gasteiger partial charge in [-0.3, -0.25) is 34.3 Å². The van der Waals surface area contributed by atoms with E-state index < -0.39 is 11.9 Å². The molecular formula is C41H49N9O5. The van der Waals surface area contributed by atoms with Crippen LogP contribution in [0.2, 0.25) is 0 Å². The lowest BCUT2D eigenvalue weighted by Crippen LogP contribution is -2.66. The smallest absolute Gasteiger partial charge is 0.261 e. The molecule has 10 rings (SSSR count). The predicted octanol–water partition coefficient (Wildman–Crippen LogP) is 3.04. The number of hydrogen-bond donors (Lipinski definition) is 3. The molecule has 4 unspecified atom stereocenters. The quantitative estimate of drug-likeness (QED) is 0.229. The number of phenols is 1. The Morgan fingerprint density at radius 3 is 2.51 bits per heavy atom. The van der Waals surface area contributed by atoms with E-state index in [4.69, 9.17) is 0 Å². The number of aromatic hydroxyl groups is 1. The first-order chi connectivity index (χ1) is 26.6. The van der Waals surface area contributed by atoms with Crippen molar-refractivity contribution >= 4 is 41.3 Å². The van der Waals surface area contributed by atoms with Gasteiger partial charge >= 0.3 is 0 Å². The molecule has 0 radical (unpaired) electrons. The van der Waals surface area contributed by atoms with E-state index in [-0.39, 0.29) is 24.0 Å². The largest absolute Gasteiger partial charge is 0.507 e. The number of fused-ring (bicyclic) bond motifs is 5. The first-order valence-corrected chi connectivity index (χ1v) is 19.7. The highest BCUT2D eigenvalue weighted by Crippen LogP contribution is 2.55. The molecule has 14 nitrogen and oxygen atoms in total. The van der Waals surface area contributed by atoms with Crippen molar-refractivity contribution in [1.29, 1.82) is 0 Å². The molecule has 0 bridgehead atoms. The zero-order valence-electron chi connectivity index (χ0n) is 31.5. The molecule has 5 fully saturated rings. The van der Waals surface area contributed by atoms with Crippen LogP contribution in [0, 0.1) is 17.3 Å². The summed E-state index contributed by atoms with van der Waals surface area (Å²) in [5, 5.41) is 24.1. The van der Waals surface area contributed by atoms with Gasteiger partial charge in [-0.05, 0) is 87.9 Å². The molecule has 288 valence electrons. The number of carbonyl (C=O) groups excluding carboxylic acids is 4. The second kappa shape index (κ2) is 13.9. The molecule has 2 aliphatic carbocycles. The van der Waals surface area contributed by atoms with E-state index >= 15 is 0 Å². The third kappa shape index (κ3) is 6.58. The van der Waals surface area contributed by atoms with E-state index in [1.54, 1.807) is 19.1 Å². The number of likely N-dealkylation sites (tertiary alicyclic amines) is 1. The van der Waals surface area contributed by atoms with E-state index in [1.165, 1.54) is 37.3 Å². The molecular weight excluding hydrogens is 699 g/mol. The lowest BCUT2D eigenvalue weighted by molar-refractivity contribution is -0.125. The second-order valence-electron chi connectivity index (χ2n) is 16.9.